The van der Waals surface area contributed by atoms with E-state index < -0.39 is 9.84 Å². The van der Waals surface area contributed by atoms with E-state index in [9.17, 15) is 18.3 Å². The Labute approximate surface area is 117 Å². The lowest BCUT2D eigenvalue weighted by Crippen LogP contribution is -2.40. The molecule has 6 nitrogen and oxygen atoms in total. The van der Waals surface area contributed by atoms with Crippen LogP contribution in [0.5, 0.6) is 11.5 Å². The number of amides is 1. The van der Waals surface area contributed by atoms with Crippen molar-refractivity contribution in [3.05, 3.63) is 23.8 Å². The molecule has 7 heteroatoms. The van der Waals surface area contributed by atoms with E-state index in [1.54, 1.807) is 6.07 Å². The SMILES string of the molecule is COc1ccc(C(=O)NC2CCS(=O)(=O)CC2)cc1O. The molecule has 0 aliphatic carbocycles. The number of phenolic OH excluding ortho intramolecular Hbond substituents is 1. The summed E-state index contributed by atoms with van der Waals surface area (Å²) in [6.45, 7) is 0. The summed E-state index contributed by atoms with van der Waals surface area (Å²) < 4.78 is 27.5. The van der Waals surface area contributed by atoms with Gasteiger partial charge in [-0.1, -0.05) is 0 Å². The molecule has 1 heterocycles. The highest BCUT2D eigenvalue weighted by atomic mass is 32.2. The van der Waals surface area contributed by atoms with Gasteiger partial charge in [-0.15, -0.1) is 0 Å². The van der Waals surface area contributed by atoms with E-state index in [4.69, 9.17) is 4.74 Å². The topological polar surface area (TPSA) is 92.7 Å². The van der Waals surface area contributed by atoms with E-state index >= 15 is 0 Å². The van der Waals surface area contributed by atoms with Crippen LogP contribution < -0.4 is 10.1 Å². The zero-order chi connectivity index (χ0) is 14.8. The zero-order valence-electron chi connectivity index (χ0n) is 11.1. The van der Waals surface area contributed by atoms with Crippen LogP contribution in [0.15, 0.2) is 18.2 Å². The van der Waals surface area contributed by atoms with Crippen LogP contribution in [0.2, 0.25) is 0 Å². The highest BCUT2D eigenvalue weighted by Crippen LogP contribution is 2.26. The number of benzene rings is 1. The molecule has 1 amide bonds. The average molecular weight is 299 g/mol. The highest BCUT2D eigenvalue weighted by molar-refractivity contribution is 7.91. The van der Waals surface area contributed by atoms with Gasteiger partial charge in [-0.25, -0.2) is 8.42 Å². The van der Waals surface area contributed by atoms with Crippen molar-refractivity contribution in [3.63, 3.8) is 0 Å². The first-order valence-electron chi connectivity index (χ1n) is 6.29. The smallest absolute Gasteiger partial charge is 0.251 e. The van der Waals surface area contributed by atoms with Crippen LogP contribution in [0.3, 0.4) is 0 Å². The highest BCUT2D eigenvalue weighted by Gasteiger charge is 2.25. The van der Waals surface area contributed by atoms with Gasteiger partial charge < -0.3 is 15.2 Å². The molecule has 20 heavy (non-hydrogen) atoms. The lowest BCUT2D eigenvalue weighted by molar-refractivity contribution is 0.0934. The first-order valence-corrected chi connectivity index (χ1v) is 8.12. The fourth-order valence-electron chi connectivity index (χ4n) is 2.13. The Morgan fingerprint density at radius 1 is 1.35 bits per heavy atom. The Morgan fingerprint density at radius 2 is 2.00 bits per heavy atom. The molecule has 1 aliphatic heterocycles. The number of methoxy groups -OCH3 is 1. The normalized spacial score (nSPS) is 18.4. The van der Waals surface area contributed by atoms with Crippen molar-refractivity contribution in [1.82, 2.24) is 5.32 Å². The maximum atomic E-state index is 12.0. The molecule has 0 atom stereocenters. The maximum Gasteiger partial charge on any atom is 0.251 e. The Bertz CT molecular complexity index is 597. The van der Waals surface area contributed by atoms with Crippen molar-refractivity contribution >= 4 is 15.7 Å². The molecule has 0 saturated carbocycles. The van der Waals surface area contributed by atoms with Crippen molar-refractivity contribution < 1.29 is 23.1 Å². The van der Waals surface area contributed by atoms with E-state index in [0.717, 1.165) is 0 Å². The lowest BCUT2D eigenvalue weighted by atomic mass is 10.1. The number of carbonyl (C=O) groups excluding carboxylic acids is 1. The van der Waals surface area contributed by atoms with Crippen LogP contribution in [-0.4, -0.2) is 44.1 Å². The Balaban J connectivity index is 2.00. The molecule has 1 aromatic rings. The average Bonchev–Trinajstić information content (AvgIpc) is 2.41. The van der Waals surface area contributed by atoms with Crippen LogP contribution >= 0.6 is 0 Å². The van der Waals surface area contributed by atoms with Gasteiger partial charge in [-0.05, 0) is 31.0 Å². The van der Waals surface area contributed by atoms with Gasteiger partial charge in [0.15, 0.2) is 11.5 Å². The number of hydrogen-bond acceptors (Lipinski definition) is 5. The van der Waals surface area contributed by atoms with Crippen molar-refractivity contribution in [3.8, 4) is 11.5 Å². The first-order chi connectivity index (χ1) is 9.41. The van der Waals surface area contributed by atoms with Gasteiger partial charge >= 0.3 is 0 Å². The molecule has 0 aromatic heterocycles. The van der Waals surface area contributed by atoms with Crippen LogP contribution in [0.4, 0.5) is 0 Å². The number of rotatable bonds is 3. The standard InChI is InChI=1S/C13H17NO5S/c1-19-12-3-2-9(8-11(12)15)13(16)14-10-4-6-20(17,18)7-5-10/h2-3,8,10,15H,4-7H2,1H3,(H,14,16). The van der Waals surface area contributed by atoms with E-state index in [1.165, 1.54) is 19.2 Å². The van der Waals surface area contributed by atoms with Crippen LogP contribution in [0, 0.1) is 0 Å². The Hall–Kier alpha value is -1.76. The van der Waals surface area contributed by atoms with Crippen LogP contribution in [-0.2, 0) is 9.84 Å². The van der Waals surface area contributed by atoms with Crippen molar-refractivity contribution in [2.45, 2.75) is 18.9 Å². The second kappa shape index (κ2) is 5.70. The largest absolute Gasteiger partial charge is 0.504 e. The van der Waals surface area contributed by atoms with Crippen molar-refractivity contribution in [1.29, 1.82) is 0 Å². The molecule has 0 radical (unpaired) electrons. The molecule has 0 spiro atoms. The molecule has 0 unspecified atom stereocenters. The fourth-order valence-corrected chi connectivity index (χ4v) is 3.63. The lowest BCUT2D eigenvalue weighted by Gasteiger charge is -2.23. The third-order valence-corrected chi connectivity index (χ3v) is 5.05. The molecule has 1 aliphatic rings. The zero-order valence-corrected chi connectivity index (χ0v) is 11.9. The van der Waals surface area contributed by atoms with Gasteiger partial charge in [0.2, 0.25) is 0 Å². The summed E-state index contributed by atoms with van der Waals surface area (Å²) in [5, 5.41) is 12.4. The number of ether oxygens (including phenoxy) is 1. The number of sulfone groups is 1. The quantitative estimate of drug-likeness (QED) is 0.857. The second-order valence-electron chi connectivity index (χ2n) is 4.79. The fraction of sp³-hybridized carbons (Fsp3) is 0.462. The van der Waals surface area contributed by atoms with Gasteiger partial charge in [0, 0.05) is 11.6 Å². The summed E-state index contributed by atoms with van der Waals surface area (Å²) in [5.41, 5.74) is 0.316. The van der Waals surface area contributed by atoms with Crippen LogP contribution in [0.1, 0.15) is 23.2 Å². The predicted octanol–water partition coefficient (Wildman–Crippen LogP) is 0.708. The third-order valence-electron chi connectivity index (χ3n) is 3.33. The van der Waals surface area contributed by atoms with E-state index in [-0.39, 0.29) is 29.2 Å². The first kappa shape index (κ1) is 14.6. The molecule has 1 aromatic carbocycles. The summed E-state index contributed by atoms with van der Waals surface area (Å²) in [6.07, 6.45) is 0.854. The predicted molar refractivity (Wildman–Crippen MR) is 73.8 cm³/mol. The molecule has 1 saturated heterocycles. The molecular weight excluding hydrogens is 282 g/mol. The Morgan fingerprint density at radius 3 is 2.55 bits per heavy atom. The number of aromatic hydroxyl groups is 1. The summed E-state index contributed by atoms with van der Waals surface area (Å²) in [4.78, 5) is 12.0. The maximum absolute atomic E-state index is 12.0. The summed E-state index contributed by atoms with van der Waals surface area (Å²) >= 11 is 0. The van der Waals surface area contributed by atoms with Gasteiger partial charge in [-0.2, -0.15) is 0 Å². The van der Waals surface area contributed by atoms with Gasteiger partial charge in [0.1, 0.15) is 9.84 Å². The van der Waals surface area contributed by atoms with E-state index in [2.05, 4.69) is 5.32 Å². The molecule has 2 rings (SSSR count). The molecule has 1 fully saturated rings. The minimum absolute atomic E-state index is 0.103. The number of nitrogens with one attached hydrogen (secondary N) is 1. The van der Waals surface area contributed by atoms with Gasteiger partial charge in [0.05, 0.1) is 18.6 Å². The van der Waals surface area contributed by atoms with Crippen molar-refractivity contribution in [2.75, 3.05) is 18.6 Å². The number of carbonyl (C=O) groups is 1. The summed E-state index contributed by atoms with van der Waals surface area (Å²) in [7, 11) is -1.51. The molecule has 110 valence electrons. The van der Waals surface area contributed by atoms with E-state index in [0.29, 0.717) is 24.2 Å². The number of hydrogen-bond donors (Lipinski definition) is 2. The monoisotopic (exact) mass is 299 g/mol. The Kier molecular flexibility index (Phi) is 4.17. The van der Waals surface area contributed by atoms with Crippen LogP contribution in [0.25, 0.3) is 0 Å². The van der Waals surface area contributed by atoms with Gasteiger partial charge in [-0.3, -0.25) is 4.79 Å². The molecule has 2 N–H and O–H groups in total. The van der Waals surface area contributed by atoms with E-state index in [1.807, 2.05) is 0 Å². The summed E-state index contributed by atoms with van der Waals surface area (Å²) in [5.74, 6) is 0.0707. The third kappa shape index (κ3) is 3.41. The minimum atomic E-state index is -2.94. The second-order valence-corrected chi connectivity index (χ2v) is 7.09. The number of phenols is 1. The summed E-state index contributed by atoms with van der Waals surface area (Å²) in [6, 6.07) is 4.24. The van der Waals surface area contributed by atoms with Gasteiger partial charge in [0.25, 0.3) is 5.91 Å². The minimum Gasteiger partial charge on any atom is -0.504 e. The molecule has 0 bridgehead atoms. The van der Waals surface area contributed by atoms with Crippen molar-refractivity contribution in [2.24, 2.45) is 0 Å². The molecular formula is C13H17NO5S.